The number of aryl methyl sites for hydroxylation is 2. The Balaban J connectivity index is 0.00000624. The molecule has 5 nitrogen and oxygen atoms in total. The summed E-state index contributed by atoms with van der Waals surface area (Å²) in [7, 11) is 0. The molecule has 0 radical (unpaired) electrons. The summed E-state index contributed by atoms with van der Waals surface area (Å²) in [6, 6.07) is 48.2. The molecule has 71 heavy (non-hydrogen) atoms. The van der Waals surface area contributed by atoms with E-state index in [0.29, 0.717) is 17.1 Å². The zero-order chi connectivity index (χ0) is 49.2. The summed E-state index contributed by atoms with van der Waals surface area (Å²) in [5.74, 6) is -1.06. The van der Waals surface area contributed by atoms with E-state index in [0.717, 1.165) is 92.0 Å². The molecule has 0 bridgehead atoms. The zero-order valence-corrected chi connectivity index (χ0v) is 43.8. The summed E-state index contributed by atoms with van der Waals surface area (Å²) in [6.45, 7) is 21.4. The van der Waals surface area contributed by atoms with Crippen LogP contribution in [-0.4, -0.2) is 9.55 Å². The van der Waals surface area contributed by atoms with E-state index in [1.54, 1.807) is 0 Å². The Morgan fingerprint density at radius 3 is 1.89 bits per heavy atom. The number of hydrogen-bond acceptors (Lipinski definition) is 4. The molecular formula is C62H56F3N4OPt-3. The molecule has 10 rings (SSSR count). The third kappa shape index (κ3) is 9.05. The number of rotatable bonds is 11. The van der Waals surface area contributed by atoms with E-state index >= 15 is 8.78 Å². The van der Waals surface area contributed by atoms with Gasteiger partial charge in [-0.1, -0.05) is 116 Å². The molecule has 0 saturated heterocycles. The van der Waals surface area contributed by atoms with Crippen molar-refractivity contribution in [2.24, 2.45) is 0 Å². The van der Waals surface area contributed by atoms with Gasteiger partial charge in [-0.3, -0.25) is 0 Å². The molecular weight excluding hydrogens is 1070 g/mol. The van der Waals surface area contributed by atoms with Gasteiger partial charge in [0, 0.05) is 73.5 Å². The van der Waals surface area contributed by atoms with Gasteiger partial charge in [-0.05, 0) is 117 Å². The standard InChI is InChI=1S/C62H56F3N4O.Pt/c1-10-39-17-16-18-40(11-2)59(39)41-27-45(34-47(28-41)70-46-23-24-49-48-19-12-13-20-54(48)69(57(49)35-46)58-31-43(25-26-66-58)62(7,8)9)67-36-68(56-22-15-14-21-55(56)67)61-50(37(3)4)29-42(30-51(61)38(5)6)60-52(64)32-44(63)33-53(60)65;/h12-33,36-38H,10-11H2,1-9H3;/q-3;. The summed E-state index contributed by atoms with van der Waals surface area (Å²) in [6.07, 6.45) is 3.57. The SMILES string of the molecule is CCc1cccc(CC)c1-c1cc(Oc2[c-]c3c(cc2)c2ccccc2n3-c2cc(C(C)(C)C)ccn2)[c-]c(N2[CH-]N(c3c(C(C)C)cc(-c4c(F)cc(F)cc4F)cc3C(C)C)c3ccccc32)c1.[Pt]. The topological polar surface area (TPSA) is 33.5 Å². The first-order valence-corrected chi connectivity index (χ1v) is 24.3. The van der Waals surface area contributed by atoms with Gasteiger partial charge >= 0.3 is 0 Å². The minimum Gasteiger partial charge on any atom is -0.509 e. The van der Waals surface area contributed by atoms with Gasteiger partial charge in [0.1, 0.15) is 23.3 Å². The van der Waals surface area contributed by atoms with Crippen LogP contribution in [0.4, 0.5) is 35.9 Å². The van der Waals surface area contributed by atoms with E-state index in [1.807, 2.05) is 36.5 Å². The van der Waals surface area contributed by atoms with Gasteiger partial charge in [0.15, 0.2) is 0 Å². The number of hydrogen-bond donors (Lipinski definition) is 0. The summed E-state index contributed by atoms with van der Waals surface area (Å²) in [4.78, 5) is 9.22. The van der Waals surface area contributed by atoms with E-state index in [9.17, 15) is 4.39 Å². The van der Waals surface area contributed by atoms with Crippen LogP contribution >= 0.6 is 0 Å². The fourth-order valence-corrected chi connectivity index (χ4v) is 10.1. The number of halogens is 3. The molecule has 2 aromatic heterocycles. The molecule has 9 aromatic rings. The maximum absolute atomic E-state index is 15.4. The van der Waals surface area contributed by atoms with Crippen LogP contribution < -0.4 is 14.5 Å². The molecule has 0 aliphatic carbocycles. The molecule has 3 heterocycles. The van der Waals surface area contributed by atoms with Crippen molar-refractivity contribution >= 4 is 44.6 Å². The third-order valence-electron chi connectivity index (χ3n) is 13.6. The van der Waals surface area contributed by atoms with Crippen molar-refractivity contribution < 1.29 is 39.0 Å². The third-order valence-corrected chi connectivity index (χ3v) is 13.6. The van der Waals surface area contributed by atoms with Crippen LogP contribution in [0, 0.1) is 36.3 Å². The van der Waals surface area contributed by atoms with Gasteiger partial charge in [0.25, 0.3) is 0 Å². The van der Waals surface area contributed by atoms with Crippen LogP contribution in [0.2, 0.25) is 0 Å². The first kappa shape index (κ1) is 49.4. The Labute approximate surface area is 430 Å². The van der Waals surface area contributed by atoms with E-state index in [1.165, 1.54) is 22.3 Å². The minimum absolute atomic E-state index is 0. The predicted molar refractivity (Wildman–Crippen MR) is 281 cm³/mol. The van der Waals surface area contributed by atoms with Gasteiger partial charge in [0.05, 0.1) is 5.56 Å². The van der Waals surface area contributed by atoms with Crippen molar-refractivity contribution in [3.05, 3.63) is 198 Å². The second-order valence-corrected chi connectivity index (χ2v) is 19.9. The molecule has 0 unspecified atom stereocenters. The first-order chi connectivity index (χ1) is 33.6. The molecule has 0 fully saturated rings. The smallest absolute Gasteiger partial charge is 0.136 e. The Morgan fingerprint density at radius 2 is 1.25 bits per heavy atom. The average molecular weight is 1130 g/mol. The monoisotopic (exact) mass is 1120 g/mol. The Hall–Kier alpha value is -6.63. The van der Waals surface area contributed by atoms with E-state index < -0.39 is 17.5 Å². The number of aromatic nitrogens is 2. The number of fused-ring (bicyclic) bond motifs is 4. The van der Waals surface area contributed by atoms with Gasteiger partial charge < -0.3 is 19.1 Å². The van der Waals surface area contributed by atoms with Crippen molar-refractivity contribution in [1.29, 1.82) is 0 Å². The molecule has 7 aromatic carbocycles. The second kappa shape index (κ2) is 19.5. The average Bonchev–Trinajstić information content (AvgIpc) is 3.88. The number of ether oxygens (including phenoxy) is 1. The van der Waals surface area contributed by atoms with Crippen molar-refractivity contribution in [3.63, 3.8) is 0 Å². The fraction of sp³-hybridized carbons (Fsp3) is 0.226. The minimum atomic E-state index is -0.955. The summed E-state index contributed by atoms with van der Waals surface area (Å²) in [5, 5.41) is 2.14. The predicted octanol–water partition coefficient (Wildman–Crippen LogP) is 17.4. The largest absolute Gasteiger partial charge is 0.509 e. The van der Waals surface area contributed by atoms with Crippen molar-refractivity contribution in [2.75, 3.05) is 9.80 Å². The van der Waals surface area contributed by atoms with Gasteiger partial charge in [-0.25, -0.2) is 18.2 Å². The van der Waals surface area contributed by atoms with E-state index in [2.05, 4.69) is 180 Å². The second-order valence-electron chi connectivity index (χ2n) is 19.9. The normalized spacial score (nSPS) is 12.6. The van der Waals surface area contributed by atoms with Gasteiger partial charge in [-0.2, -0.15) is 6.07 Å². The molecule has 0 atom stereocenters. The quantitative estimate of drug-likeness (QED) is 0.121. The fourth-order valence-electron chi connectivity index (χ4n) is 10.1. The molecule has 1 aliphatic heterocycles. The Kier molecular flexibility index (Phi) is 13.6. The number of pyridine rings is 1. The number of benzene rings is 7. The Morgan fingerprint density at radius 1 is 0.634 bits per heavy atom. The van der Waals surface area contributed by atoms with Crippen LogP contribution in [0.25, 0.3) is 49.9 Å². The van der Waals surface area contributed by atoms with E-state index in [4.69, 9.17) is 9.72 Å². The first-order valence-electron chi connectivity index (χ1n) is 24.3. The van der Waals surface area contributed by atoms with Crippen LogP contribution in [-0.2, 0) is 39.3 Å². The maximum atomic E-state index is 15.4. The number of para-hydroxylation sites is 3. The molecule has 0 amide bonds. The maximum Gasteiger partial charge on any atom is 0.136 e. The van der Waals surface area contributed by atoms with Gasteiger partial charge in [-0.15, -0.1) is 53.6 Å². The molecule has 364 valence electrons. The van der Waals surface area contributed by atoms with Crippen molar-refractivity contribution in [2.45, 2.75) is 92.4 Å². The molecule has 0 saturated carbocycles. The summed E-state index contributed by atoms with van der Waals surface area (Å²) >= 11 is 0. The molecule has 9 heteroatoms. The van der Waals surface area contributed by atoms with Crippen molar-refractivity contribution in [3.8, 4) is 39.6 Å². The van der Waals surface area contributed by atoms with Crippen LogP contribution in [0.15, 0.2) is 134 Å². The molecule has 0 N–H and O–H groups in total. The summed E-state index contributed by atoms with van der Waals surface area (Å²) in [5.41, 5.74) is 13.1. The van der Waals surface area contributed by atoms with Crippen LogP contribution in [0.1, 0.15) is 102 Å². The Bertz CT molecular complexity index is 3410. The van der Waals surface area contributed by atoms with Crippen LogP contribution in [0.5, 0.6) is 11.5 Å². The summed E-state index contributed by atoms with van der Waals surface area (Å²) < 4.78 is 54.2. The number of anilines is 4. The van der Waals surface area contributed by atoms with E-state index in [-0.39, 0.29) is 43.9 Å². The zero-order valence-electron chi connectivity index (χ0n) is 41.5. The van der Waals surface area contributed by atoms with Crippen LogP contribution in [0.3, 0.4) is 0 Å². The molecule has 0 spiro atoms. The van der Waals surface area contributed by atoms with Crippen molar-refractivity contribution in [1.82, 2.24) is 9.55 Å². The van der Waals surface area contributed by atoms with Gasteiger partial charge in [0.2, 0.25) is 0 Å². The molecule has 1 aliphatic rings. The number of nitrogens with zero attached hydrogens (tertiary/aromatic N) is 4.